The minimum absolute atomic E-state index is 0.0571. The first-order valence-corrected chi connectivity index (χ1v) is 16.8. The summed E-state index contributed by atoms with van der Waals surface area (Å²) >= 11 is 0. The molecule has 2 aliphatic carbocycles. The van der Waals surface area contributed by atoms with Crippen LogP contribution in [0.2, 0.25) is 0 Å². The number of benzene rings is 2. The minimum atomic E-state index is -3.52. The number of hydrogen-bond acceptors (Lipinski definition) is 11. The van der Waals surface area contributed by atoms with Gasteiger partial charge in [0.25, 0.3) is 0 Å². The van der Waals surface area contributed by atoms with Crippen molar-refractivity contribution >= 4 is 56.2 Å². The number of fused-ring (bicyclic) bond motifs is 3. The summed E-state index contributed by atoms with van der Waals surface area (Å²) in [6.07, 6.45) is 0.709. The predicted molar refractivity (Wildman–Crippen MR) is 173 cm³/mol. The third kappa shape index (κ3) is 4.91. The number of pyridine rings is 1. The number of nitrogens with one attached hydrogen (secondary N) is 1. The summed E-state index contributed by atoms with van der Waals surface area (Å²) < 4.78 is 43.2. The van der Waals surface area contributed by atoms with Crippen LogP contribution in [0, 0.1) is 0 Å². The van der Waals surface area contributed by atoms with E-state index in [1.807, 2.05) is 0 Å². The summed E-state index contributed by atoms with van der Waals surface area (Å²) in [7, 11) is -0.622. The van der Waals surface area contributed by atoms with Crippen LogP contribution in [-0.4, -0.2) is 71.5 Å². The Labute approximate surface area is 275 Å². The quantitative estimate of drug-likeness (QED) is 0.256. The highest BCUT2D eigenvalue weighted by Crippen LogP contribution is 2.67. The number of hydrogen-bond donors (Lipinski definition) is 2. The van der Waals surface area contributed by atoms with Crippen LogP contribution in [0.25, 0.3) is 10.9 Å². The van der Waals surface area contributed by atoms with E-state index < -0.39 is 50.1 Å². The number of sulfone groups is 1. The van der Waals surface area contributed by atoms with E-state index in [1.54, 1.807) is 57.2 Å². The number of amides is 2. The van der Waals surface area contributed by atoms with Crippen LogP contribution in [0.15, 0.2) is 53.6 Å². The van der Waals surface area contributed by atoms with Gasteiger partial charge in [0.05, 0.1) is 41.0 Å². The van der Waals surface area contributed by atoms with Gasteiger partial charge in [0.1, 0.15) is 11.4 Å². The average molecular weight is 676 g/mol. The lowest BCUT2D eigenvalue weighted by Gasteiger charge is -2.19. The molecule has 250 valence electrons. The van der Waals surface area contributed by atoms with Crippen LogP contribution in [0.3, 0.4) is 0 Å². The van der Waals surface area contributed by atoms with Crippen molar-refractivity contribution in [2.75, 3.05) is 24.4 Å². The molecule has 2 aromatic carbocycles. The zero-order chi connectivity index (χ0) is 34.3. The van der Waals surface area contributed by atoms with Crippen LogP contribution >= 0.6 is 0 Å². The number of nitrogens with zero attached hydrogens (tertiary/aromatic N) is 4. The topological polar surface area (TPSA) is 179 Å². The van der Waals surface area contributed by atoms with Crippen LogP contribution in [0.1, 0.15) is 57.1 Å². The van der Waals surface area contributed by atoms with Crippen molar-refractivity contribution in [3.8, 4) is 11.5 Å². The lowest BCUT2D eigenvalue weighted by molar-refractivity contribution is -0.119. The number of imide groups is 1. The summed E-state index contributed by atoms with van der Waals surface area (Å²) in [4.78, 5) is 44.5. The molecule has 0 bridgehead atoms. The van der Waals surface area contributed by atoms with Gasteiger partial charge in [-0.3, -0.25) is 4.79 Å². The van der Waals surface area contributed by atoms with Crippen LogP contribution in [0.5, 0.6) is 11.5 Å². The summed E-state index contributed by atoms with van der Waals surface area (Å²) in [5.41, 5.74) is -0.0443. The molecule has 2 saturated carbocycles. The molecular formula is C33H33N5O9S. The van der Waals surface area contributed by atoms with Gasteiger partial charge < -0.3 is 24.6 Å². The number of aromatic nitrogens is 3. The minimum Gasteiger partial charge on any atom is -0.497 e. The molecule has 0 radical (unpaired) electrons. The van der Waals surface area contributed by atoms with Crippen molar-refractivity contribution in [1.29, 1.82) is 0 Å². The smallest absolute Gasteiger partial charge is 0.435 e. The van der Waals surface area contributed by atoms with E-state index in [9.17, 15) is 27.9 Å². The highest BCUT2D eigenvalue weighted by Gasteiger charge is 2.68. The van der Waals surface area contributed by atoms with Gasteiger partial charge in [0, 0.05) is 23.6 Å². The lowest BCUT2D eigenvalue weighted by Crippen LogP contribution is -2.36. The number of methoxy groups -OCH3 is 2. The van der Waals surface area contributed by atoms with Crippen molar-refractivity contribution in [3.05, 3.63) is 59.8 Å². The Hall–Kier alpha value is -5.18. The maximum atomic E-state index is 13.7. The molecule has 1 spiro atoms. The average Bonchev–Trinajstić information content (AvgIpc) is 3.96. The maximum Gasteiger partial charge on any atom is 0.435 e. The first kappa shape index (κ1) is 31.4. The Morgan fingerprint density at radius 1 is 1.04 bits per heavy atom. The molecule has 2 amide bonds. The molecule has 7 rings (SSSR count). The number of carbonyl (C=O) groups excluding carboxylic acids is 2. The lowest BCUT2D eigenvalue weighted by atomic mass is 9.91. The number of anilines is 3. The molecule has 2 aromatic heterocycles. The SMILES string of the molecule is COc1ccc2c(c1)[C@]1(C[C@H]1c1ccc3c(Nc4ncc(S(=O)(=O)C5CC5)cc4OC)nn(C(=O)OC(C)(C)C)c3c1)C(=O)N2C(=O)O. The second-order valence-corrected chi connectivity index (χ2v) is 15.4. The second-order valence-electron chi connectivity index (χ2n) is 13.1. The Morgan fingerprint density at radius 3 is 2.44 bits per heavy atom. The summed E-state index contributed by atoms with van der Waals surface area (Å²) in [6, 6.07) is 11.6. The third-order valence-electron chi connectivity index (χ3n) is 8.91. The molecule has 4 aromatic rings. The van der Waals surface area contributed by atoms with E-state index in [0.717, 1.165) is 9.58 Å². The van der Waals surface area contributed by atoms with Gasteiger partial charge >= 0.3 is 12.2 Å². The van der Waals surface area contributed by atoms with E-state index in [-0.39, 0.29) is 22.3 Å². The predicted octanol–water partition coefficient (Wildman–Crippen LogP) is 5.36. The molecule has 3 heterocycles. The number of carboxylic acid groups (broad SMARTS) is 1. The van der Waals surface area contributed by atoms with Gasteiger partial charge in [-0.1, -0.05) is 6.07 Å². The van der Waals surface area contributed by atoms with Crippen molar-refractivity contribution in [2.45, 2.75) is 67.1 Å². The summed E-state index contributed by atoms with van der Waals surface area (Å²) in [5, 5.41) is 17.6. The molecule has 0 saturated heterocycles. The van der Waals surface area contributed by atoms with Crippen molar-refractivity contribution < 1.29 is 42.1 Å². The van der Waals surface area contributed by atoms with E-state index in [0.29, 0.717) is 52.7 Å². The molecule has 15 heteroatoms. The fourth-order valence-electron chi connectivity index (χ4n) is 6.41. The zero-order valence-corrected chi connectivity index (χ0v) is 27.6. The fraction of sp³-hybridized carbons (Fsp3) is 0.364. The highest BCUT2D eigenvalue weighted by molar-refractivity contribution is 7.92. The standard InChI is InChI=1S/C33H33N5O9S/c1-32(2,3)47-31(42)38-25-12-17(23-15-33(23)22-13-18(45-4)7-11-24(22)37(29(33)39)30(40)41)6-10-21(25)27(36-38)35-28-26(46-5)14-20(16-34-28)48(43,44)19-8-9-19/h6-7,10-14,16,19,23H,8-9,15H2,1-5H3,(H,40,41)(H,34,35,36)/t23-,33-/m0/s1. The summed E-state index contributed by atoms with van der Waals surface area (Å²) in [6.45, 7) is 5.19. The molecule has 1 aliphatic heterocycles. The zero-order valence-electron chi connectivity index (χ0n) is 26.8. The number of carbonyl (C=O) groups is 3. The molecule has 48 heavy (non-hydrogen) atoms. The number of rotatable bonds is 7. The molecule has 2 fully saturated rings. The van der Waals surface area contributed by atoms with Gasteiger partial charge in [0.2, 0.25) is 5.91 Å². The third-order valence-corrected chi connectivity index (χ3v) is 11.1. The van der Waals surface area contributed by atoms with Crippen molar-refractivity contribution in [2.24, 2.45) is 0 Å². The van der Waals surface area contributed by atoms with Gasteiger partial charge in [-0.2, -0.15) is 4.68 Å². The summed E-state index contributed by atoms with van der Waals surface area (Å²) in [5.74, 6) is 0.132. The van der Waals surface area contributed by atoms with Gasteiger partial charge in [0.15, 0.2) is 27.2 Å². The van der Waals surface area contributed by atoms with E-state index in [1.165, 1.54) is 26.5 Å². The Balaban J connectivity index is 1.30. The number of ether oxygens (including phenoxy) is 3. The molecule has 2 N–H and O–H groups in total. The van der Waals surface area contributed by atoms with Crippen molar-refractivity contribution in [1.82, 2.24) is 14.8 Å². The molecule has 2 atom stereocenters. The van der Waals surface area contributed by atoms with Gasteiger partial charge in [-0.25, -0.2) is 27.9 Å². The fourth-order valence-corrected chi connectivity index (χ4v) is 8.02. The van der Waals surface area contributed by atoms with E-state index in [4.69, 9.17) is 14.2 Å². The largest absolute Gasteiger partial charge is 0.497 e. The van der Waals surface area contributed by atoms with Gasteiger partial charge in [-0.05, 0) is 81.5 Å². The van der Waals surface area contributed by atoms with E-state index in [2.05, 4.69) is 15.4 Å². The van der Waals surface area contributed by atoms with Gasteiger partial charge in [-0.15, -0.1) is 5.10 Å². The van der Waals surface area contributed by atoms with Crippen LogP contribution in [-0.2, 0) is 24.8 Å². The van der Waals surface area contributed by atoms with Crippen LogP contribution in [0.4, 0.5) is 26.9 Å². The normalized spacial score (nSPS) is 20.1. The van der Waals surface area contributed by atoms with E-state index >= 15 is 0 Å². The molecule has 0 unspecified atom stereocenters. The monoisotopic (exact) mass is 675 g/mol. The highest BCUT2D eigenvalue weighted by atomic mass is 32.2. The maximum absolute atomic E-state index is 13.7. The first-order chi connectivity index (χ1) is 22.7. The van der Waals surface area contributed by atoms with Crippen molar-refractivity contribution in [3.63, 3.8) is 0 Å². The van der Waals surface area contributed by atoms with Crippen LogP contribution < -0.4 is 19.7 Å². The molecule has 3 aliphatic rings. The first-order valence-electron chi connectivity index (χ1n) is 15.3. The Bertz CT molecular complexity index is 2150. The molecular weight excluding hydrogens is 642 g/mol. The second kappa shape index (κ2) is 10.7. The Kier molecular flexibility index (Phi) is 6.98. The Morgan fingerprint density at radius 2 is 1.79 bits per heavy atom. The molecule has 14 nitrogen and oxygen atoms in total.